The van der Waals surface area contributed by atoms with Crippen molar-refractivity contribution in [3.05, 3.63) is 48.0 Å². The number of fused-ring (bicyclic) bond motifs is 1. The van der Waals surface area contributed by atoms with Crippen molar-refractivity contribution < 1.29 is 18.1 Å². The Labute approximate surface area is 200 Å². The predicted octanol–water partition coefficient (Wildman–Crippen LogP) is 5.91. The van der Waals surface area contributed by atoms with Crippen LogP contribution in [0, 0.1) is 12.7 Å². The van der Waals surface area contributed by atoms with Crippen LogP contribution in [0.1, 0.15) is 38.2 Å². The van der Waals surface area contributed by atoms with Gasteiger partial charge in [-0.25, -0.2) is 18.6 Å². The Hall–Kier alpha value is -2.78. The lowest BCUT2D eigenvalue weighted by Gasteiger charge is -2.28. The van der Waals surface area contributed by atoms with E-state index in [1.165, 1.54) is 18.5 Å². The summed E-state index contributed by atoms with van der Waals surface area (Å²) in [6.45, 7) is 3.80. The summed E-state index contributed by atoms with van der Waals surface area (Å²) < 4.78 is 42.6. The molecule has 3 aromatic rings. The average molecular weight is 487 g/mol. The van der Waals surface area contributed by atoms with Crippen molar-refractivity contribution in [2.75, 3.05) is 24.4 Å². The van der Waals surface area contributed by atoms with E-state index in [4.69, 9.17) is 9.47 Å². The van der Waals surface area contributed by atoms with Gasteiger partial charge in [0.05, 0.1) is 29.1 Å². The Balaban J connectivity index is 1.65. The van der Waals surface area contributed by atoms with E-state index in [0.717, 1.165) is 36.6 Å². The molecule has 1 aromatic heterocycles. The summed E-state index contributed by atoms with van der Waals surface area (Å²) in [5.41, 5.74) is 2.84. The topological polar surface area (TPSA) is 85.7 Å². The van der Waals surface area contributed by atoms with Crippen molar-refractivity contribution in [1.29, 1.82) is 0 Å². The Morgan fingerprint density at radius 2 is 1.88 bits per heavy atom. The molecular weight excluding hydrogens is 455 g/mol. The number of benzene rings is 2. The van der Waals surface area contributed by atoms with Crippen molar-refractivity contribution in [1.82, 2.24) is 9.97 Å². The molecule has 0 spiro atoms. The van der Waals surface area contributed by atoms with E-state index >= 15 is 0 Å². The van der Waals surface area contributed by atoms with Gasteiger partial charge in [0, 0.05) is 40.3 Å². The molecule has 34 heavy (non-hydrogen) atoms. The zero-order valence-electron chi connectivity index (χ0n) is 20.0. The summed E-state index contributed by atoms with van der Waals surface area (Å²) in [5, 5.41) is 4.13. The second kappa shape index (κ2) is 10.2. The molecule has 1 aliphatic carbocycles. The van der Waals surface area contributed by atoms with Crippen LogP contribution in [0.3, 0.4) is 0 Å². The van der Waals surface area contributed by atoms with E-state index in [1.54, 1.807) is 19.4 Å². The molecule has 0 aliphatic heterocycles. The number of rotatable bonds is 7. The third-order valence-corrected chi connectivity index (χ3v) is 7.87. The number of ether oxygens (including phenoxy) is 2. The maximum absolute atomic E-state index is 14.1. The molecule has 1 saturated carbocycles. The molecule has 9 heteroatoms. The van der Waals surface area contributed by atoms with Gasteiger partial charge in [-0.2, -0.15) is 4.36 Å². The molecule has 1 fully saturated rings. The number of nitrogens with one attached hydrogen (secondary N) is 1. The molecule has 1 aliphatic rings. The van der Waals surface area contributed by atoms with E-state index in [1.807, 2.05) is 26.0 Å². The largest absolute Gasteiger partial charge is 0.488 e. The summed E-state index contributed by atoms with van der Waals surface area (Å²) in [6.07, 6.45) is 6.93. The molecule has 2 aromatic carbocycles. The summed E-state index contributed by atoms with van der Waals surface area (Å²) in [7, 11) is -0.558. The molecular formula is C25H31FN4O3S. The molecule has 1 unspecified atom stereocenters. The highest BCUT2D eigenvalue weighted by atomic mass is 32.2. The van der Waals surface area contributed by atoms with E-state index in [9.17, 15) is 8.60 Å². The van der Waals surface area contributed by atoms with Crippen LogP contribution in [-0.2, 0) is 14.5 Å². The van der Waals surface area contributed by atoms with E-state index in [2.05, 4.69) is 19.6 Å². The maximum atomic E-state index is 14.1. The number of anilines is 2. The number of methoxy groups -OCH3 is 1. The van der Waals surface area contributed by atoms with Crippen LogP contribution in [-0.4, -0.2) is 45.5 Å². The Kier molecular flexibility index (Phi) is 7.33. The average Bonchev–Trinajstić information content (AvgIpc) is 2.81. The lowest BCUT2D eigenvalue weighted by Crippen LogP contribution is -2.27. The first-order valence-electron chi connectivity index (χ1n) is 11.5. The van der Waals surface area contributed by atoms with Crippen molar-refractivity contribution in [3.8, 4) is 5.75 Å². The second-order valence-corrected chi connectivity index (χ2v) is 11.4. The highest BCUT2D eigenvalue weighted by Crippen LogP contribution is 2.35. The summed E-state index contributed by atoms with van der Waals surface area (Å²) in [5.74, 6) is 1.15. The molecule has 182 valence electrons. The minimum atomic E-state index is -2.29. The fourth-order valence-corrected chi connectivity index (χ4v) is 4.88. The predicted molar refractivity (Wildman–Crippen MR) is 134 cm³/mol. The number of aryl methyl sites for hydroxylation is 1. The van der Waals surface area contributed by atoms with Gasteiger partial charge in [-0.15, -0.1) is 0 Å². The number of aromatic nitrogens is 2. The van der Waals surface area contributed by atoms with Gasteiger partial charge in [-0.1, -0.05) is 6.92 Å². The van der Waals surface area contributed by atoms with Crippen LogP contribution in [0.15, 0.2) is 41.0 Å². The first-order chi connectivity index (χ1) is 16.3. The van der Waals surface area contributed by atoms with Gasteiger partial charge in [-0.3, -0.25) is 0 Å². The van der Waals surface area contributed by atoms with Crippen molar-refractivity contribution in [2.24, 2.45) is 4.36 Å². The zero-order valence-corrected chi connectivity index (χ0v) is 20.8. The quantitative estimate of drug-likeness (QED) is 0.447. The number of nitrogens with zero attached hydrogens (tertiary/aromatic N) is 3. The number of hydrogen-bond acceptors (Lipinski definition) is 7. The first-order valence-corrected chi connectivity index (χ1v) is 13.6. The maximum Gasteiger partial charge on any atom is 0.146 e. The number of hydrogen-bond donors (Lipinski definition) is 1. The minimum absolute atomic E-state index is 0.00395. The van der Waals surface area contributed by atoms with Gasteiger partial charge in [0.15, 0.2) is 0 Å². The molecule has 4 rings (SSSR count). The van der Waals surface area contributed by atoms with Gasteiger partial charge < -0.3 is 14.8 Å². The van der Waals surface area contributed by atoms with Crippen LogP contribution < -0.4 is 10.1 Å². The zero-order chi connectivity index (χ0) is 24.3. The number of halogens is 1. The van der Waals surface area contributed by atoms with Crippen LogP contribution >= 0.6 is 0 Å². The van der Waals surface area contributed by atoms with E-state index in [0.29, 0.717) is 34.2 Å². The van der Waals surface area contributed by atoms with Crippen LogP contribution in [0.2, 0.25) is 0 Å². The van der Waals surface area contributed by atoms with Gasteiger partial charge in [0.1, 0.15) is 23.7 Å². The van der Waals surface area contributed by atoms with Crippen molar-refractivity contribution >= 4 is 37.8 Å². The smallest absolute Gasteiger partial charge is 0.146 e. The highest BCUT2D eigenvalue weighted by molar-refractivity contribution is 7.93. The van der Waals surface area contributed by atoms with Gasteiger partial charge in [0.25, 0.3) is 0 Å². The molecule has 0 amide bonds. The third kappa shape index (κ3) is 5.64. The fraction of sp³-hybridized carbons (Fsp3) is 0.440. The van der Waals surface area contributed by atoms with Crippen molar-refractivity contribution in [3.63, 3.8) is 0 Å². The Morgan fingerprint density at radius 1 is 1.15 bits per heavy atom. The van der Waals surface area contributed by atoms with Crippen LogP contribution in [0.25, 0.3) is 10.9 Å². The molecule has 1 atom stereocenters. The molecule has 7 nitrogen and oxygen atoms in total. The lowest BCUT2D eigenvalue weighted by atomic mass is 9.95. The minimum Gasteiger partial charge on any atom is -0.488 e. The standard InChI is InChI=1S/C25H31FN4O3S/c1-5-34(4,31)30-18-12-16(2)24-22(14-18)27-15-28-25(24)29-21-11-6-17(26)13-23(21)33-20-9-7-19(32-3)8-10-20/h6,11-15,19-20H,5,7-10H2,1-4H3,(H,27,28,29)/t19-,20-,34?. The SMILES string of the molecule is CCS(C)(=O)=Nc1cc(C)c2c(Nc3ccc(F)cc3O[C@H]3CC[C@H](OC)CC3)ncnc2c1. The van der Waals surface area contributed by atoms with Crippen LogP contribution in [0.4, 0.5) is 21.6 Å². The Bertz CT molecular complexity index is 1300. The van der Waals surface area contributed by atoms with Gasteiger partial charge >= 0.3 is 0 Å². The van der Waals surface area contributed by atoms with Gasteiger partial charge in [0.2, 0.25) is 0 Å². The summed E-state index contributed by atoms with van der Waals surface area (Å²) in [4.78, 5) is 8.84. The highest BCUT2D eigenvalue weighted by Gasteiger charge is 2.23. The summed E-state index contributed by atoms with van der Waals surface area (Å²) in [6, 6.07) is 8.15. The molecule has 1 N–H and O–H groups in total. The van der Waals surface area contributed by atoms with Gasteiger partial charge in [-0.05, 0) is 62.4 Å². The summed E-state index contributed by atoms with van der Waals surface area (Å²) >= 11 is 0. The van der Waals surface area contributed by atoms with Crippen LogP contribution in [0.5, 0.6) is 5.75 Å². The molecule has 1 heterocycles. The molecule has 0 radical (unpaired) electrons. The first kappa shape index (κ1) is 24.3. The van der Waals surface area contributed by atoms with E-state index in [-0.39, 0.29) is 18.0 Å². The molecule has 0 saturated heterocycles. The van der Waals surface area contributed by atoms with Crippen molar-refractivity contribution in [2.45, 2.75) is 51.7 Å². The molecule has 0 bridgehead atoms. The fourth-order valence-electron chi connectivity index (χ4n) is 4.20. The third-order valence-electron chi connectivity index (χ3n) is 6.20. The second-order valence-electron chi connectivity index (χ2n) is 8.74. The Morgan fingerprint density at radius 3 is 2.59 bits per heavy atom. The van der Waals surface area contributed by atoms with E-state index < -0.39 is 9.73 Å². The normalized spacial score (nSPS) is 20.0. The lowest BCUT2D eigenvalue weighted by molar-refractivity contribution is 0.0329. The monoisotopic (exact) mass is 486 g/mol.